The third-order valence-electron chi connectivity index (χ3n) is 5.32. The lowest BCUT2D eigenvalue weighted by Crippen LogP contribution is -2.35. The Kier molecular flexibility index (Phi) is 9.38. The van der Waals surface area contributed by atoms with Crippen molar-refractivity contribution in [3.63, 3.8) is 0 Å². The molecule has 1 aliphatic heterocycles. The zero-order valence-corrected chi connectivity index (χ0v) is 19.4. The van der Waals surface area contributed by atoms with Crippen LogP contribution in [0.4, 0.5) is 5.69 Å². The molecule has 2 amide bonds. The molecule has 0 saturated carbocycles. The molecule has 2 N–H and O–H groups in total. The number of hydrogen-bond acceptors (Lipinski definition) is 5. The Hall–Kier alpha value is -3.26. The van der Waals surface area contributed by atoms with E-state index in [4.69, 9.17) is 17.0 Å². The summed E-state index contributed by atoms with van der Waals surface area (Å²) in [5, 5.41) is 5.57. The summed E-state index contributed by atoms with van der Waals surface area (Å²) in [5.74, 6) is -0.865. The fraction of sp³-hybridized carbons (Fsp3) is 0.360. The standard InChI is InChI=1S/C25H29N3O4S/c29-22(14-15-23(30)32-18-8-11-19-9-2-1-3-10-19)27-25(33)26-21-13-5-4-12-20(21)24(31)28-16-6-7-17-28/h1-5,9-10,12-13H,6-8,11,14-18H2,(H2,26,27,29,33). The van der Waals surface area contributed by atoms with Crippen LogP contribution in [-0.2, 0) is 20.7 Å². The van der Waals surface area contributed by atoms with E-state index in [1.165, 1.54) is 5.56 Å². The number of likely N-dealkylation sites (tertiary alicyclic amines) is 1. The number of thiocarbonyl (C=S) groups is 1. The number of carbonyl (C=O) groups is 3. The van der Waals surface area contributed by atoms with Crippen LogP contribution in [0.1, 0.15) is 48.0 Å². The lowest BCUT2D eigenvalue weighted by molar-refractivity contribution is -0.145. The number of carbonyl (C=O) groups excluding carboxylic acids is 3. The zero-order valence-electron chi connectivity index (χ0n) is 18.5. The summed E-state index contributed by atoms with van der Waals surface area (Å²) in [6.07, 6.45) is 3.51. The third kappa shape index (κ3) is 7.98. The molecule has 3 rings (SSSR count). The molecule has 0 aliphatic carbocycles. The SMILES string of the molecule is O=C(CCC(=O)OCCCc1ccccc1)NC(=S)Nc1ccccc1C(=O)N1CCCC1. The normalized spacial score (nSPS) is 12.8. The lowest BCUT2D eigenvalue weighted by atomic mass is 10.1. The Morgan fingerprint density at radius 1 is 0.939 bits per heavy atom. The van der Waals surface area contributed by atoms with Gasteiger partial charge < -0.3 is 20.3 Å². The fourth-order valence-corrected chi connectivity index (χ4v) is 3.83. The van der Waals surface area contributed by atoms with Gasteiger partial charge in [0, 0.05) is 19.5 Å². The molecule has 174 valence electrons. The average Bonchev–Trinajstić information content (AvgIpc) is 3.36. The molecule has 0 radical (unpaired) electrons. The number of nitrogens with zero attached hydrogens (tertiary/aromatic N) is 1. The van der Waals surface area contributed by atoms with Crippen molar-refractivity contribution in [2.24, 2.45) is 0 Å². The highest BCUT2D eigenvalue weighted by atomic mass is 32.1. The Labute approximate surface area is 199 Å². The largest absolute Gasteiger partial charge is 0.466 e. The van der Waals surface area contributed by atoms with E-state index in [1.54, 1.807) is 24.3 Å². The highest BCUT2D eigenvalue weighted by Gasteiger charge is 2.22. The first-order chi connectivity index (χ1) is 16.0. The molecule has 33 heavy (non-hydrogen) atoms. The van der Waals surface area contributed by atoms with Gasteiger partial charge in [0.05, 0.1) is 24.3 Å². The number of anilines is 1. The molecule has 1 saturated heterocycles. The number of rotatable bonds is 9. The molecule has 1 fully saturated rings. The molecule has 1 aliphatic rings. The number of aryl methyl sites for hydroxylation is 1. The maximum atomic E-state index is 12.7. The van der Waals surface area contributed by atoms with E-state index in [9.17, 15) is 14.4 Å². The van der Waals surface area contributed by atoms with Crippen molar-refractivity contribution >= 4 is 40.8 Å². The minimum Gasteiger partial charge on any atom is -0.466 e. The maximum Gasteiger partial charge on any atom is 0.306 e. The Morgan fingerprint density at radius 2 is 1.64 bits per heavy atom. The summed E-state index contributed by atoms with van der Waals surface area (Å²) < 4.78 is 5.20. The molecule has 1 heterocycles. The van der Waals surface area contributed by atoms with Crippen molar-refractivity contribution in [2.75, 3.05) is 25.0 Å². The molecule has 8 heteroatoms. The molecule has 0 aromatic heterocycles. The predicted molar refractivity (Wildman–Crippen MR) is 131 cm³/mol. The van der Waals surface area contributed by atoms with Gasteiger partial charge in [-0.25, -0.2) is 0 Å². The van der Waals surface area contributed by atoms with Gasteiger partial charge in [0.15, 0.2) is 5.11 Å². The van der Waals surface area contributed by atoms with Crippen molar-refractivity contribution in [2.45, 2.75) is 38.5 Å². The molecule has 7 nitrogen and oxygen atoms in total. The highest BCUT2D eigenvalue weighted by molar-refractivity contribution is 7.80. The van der Waals surface area contributed by atoms with Crippen molar-refractivity contribution in [1.82, 2.24) is 10.2 Å². The molecule has 0 unspecified atom stereocenters. The van der Waals surface area contributed by atoms with Gasteiger partial charge >= 0.3 is 5.97 Å². The predicted octanol–water partition coefficient (Wildman–Crippen LogP) is 3.69. The van der Waals surface area contributed by atoms with E-state index in [0.717, 1.165) is 38.8 Å². The van der Waals surface area contributed by atoms with Crippen LogP contribution in [0.15, 0.2) is 54.6 Å². The van der Waals surface area contributed by atoms with Crippen molar-refractivity contribution < 1.29 is 19.1 Å². The minimum absolute atomic E-state index is 0.0240. The number of para-hydroxylation sites is 1. The van der Waals surface area contributed by atoms with E-state index in [1.807, 2.05) is 35.2 Å². The first kappa shape index (κ1) is 24.4. The van der Waals surface area contributed by atoms with E-state index in [0.29, 0.717) is 17.9 Å². The first-order valence-electron chi connectivity index (χ1n) is 11.2. The zero-order chi connectivity index (χ0) is 23.5. The van der Waals surface area contributed by atoms with Crippen molar-refractivity contribution in [3.8, 4) is 0 Å². The highest BCUT2D eigenvalue weighted by Crippen LogP contribution is 2.20. The van der Waals surface area contributed by atoms with Gasteiger partial charge in [0.2, 0.25) is 5.91 Å². The summed E-state index contributed by atoms with van der Waals surface area (Å²) in [7, 11) is 0. The van der Waals surface area contributed by atoms with Crippen LogP contribution in [0.2, 0.25) is 0 Å². The molecule has 2 aromatic carbocycles. The number of hydrogen-bond donors (Lipinski definition) is 2. The lowest BCUT2D eigenvalue weighted by Gasteiger charge is -2.18. The van der Waals surface area contributed by atoms with Crippen LogP contribution in [0.3, 0.4) is 0 Å². The Bertz CT molecular complexity index is 975. The summed E-state index contributed by atoms with van der Waals surface area (Å²) in [6.45, 7) is 1.81. The summed E-state index contributed by atoms with van der Waals surface area (Å²) in [5.41, 5.74) is 2.24. The second kappa shape index (κ2) is 12.7. The number of ether oxygens (including phenoxy) is 1. The fourth-order valence-electron chi connectivity index (χ4n) is 3.61. The molecule has 0 bridgehead atoms. The Balaban J connectivity index is 1.37. The van der Waals surface area contributed by atoms with E-state index >= 15 is 0 Å². The molecule has 0 spiro atoms. The molecular weight excluding hydrogens is 438 g/mol. The van der Waals surface area contributed by atoms with Gasteiger partial charge in [0.25, 0.3) is 5.91 Å². The van der Waals surface area contributed by atoms with Gasteiger partial charge in [-0.15, -0.1) is 0 Å². The van der Waals surface area contributed by atoms with Crippen LogP contribution in [0.5, 0.6) is 0 Å². The second-order valence-electron chi connectivity index (χ2n) is 7.86. The van der Waals surface area contributed by atoms with E-state index in [2.05, 4.69) is 10.6 Å². The monoisotopic (exact) mass is 467 g/mol. The van der Waals surface area contributed by atoms with Crippen molar-refractivity contribution in [3.05, 3.63) is 65.7 Å². The number of amides is 2. The smallest absolute Gasteiger partial charge is 0.306 e. The van der Waals surface area contributed by atoms with Gasteiger partial charge in [-0.1, -0.05) is 42.5 Å². The van der Waals surface area contributed by atoms with E-state index < -0.39 is 11.9 Å². The quantitative estimate of drug-likeness (QED) is 0.332. The summed E-state index contributed by atoms with van der Waals surface area (Å²) >= 11 is 5.22. The topological polar surface area (TPSA) is 87.7 Å². The Morgan fingerprint density at radius 3 is 2.39 bits per heavy atom. The maximum absolute atomic E-state index is 12.7. The van der Waals surface area contributed by atoms with Crippen LogP contribution < -0.4 is 10.6 Å². The average molecular weight is 468 g/mol. The minimum atomic E-state index is -0.418. The van der Waals surface area contributed by atoms with Crippen LogP contribution in [0.25, 0.3) is 0 Å². The number of esters is 1. The van der Waals surface area contributed by atoms with Crippen LogP contribution in [-0.4, -0.2) is 47.5 Å². The molecular formula is C25H29N3O4S. The molecule has 0 atom stereocenters. The first-order valence-corrected chi connectivity index (χ1v) is 11.6. The number of nitrogens with one attached hydrogen (secondary N) is 2. The van der Waals surface area contributed by atoms with Gasteiger partial charge in [0.1, 0.15) is 0 Å². The summed E-state index contributed by atoms with van der Waals surface area (Å²) in [6, 6.07) is 17.0. The van der Waals surface area contributed by atoms with Gasteiger partial charge in [-0.05, 0) is 55.6 Å². The van der Waals surface area contributed by atoms with Crippen molar-refractivity contribution in [1.29, 1.82) is 0 Å². The summed E-state index contributed by atoms with van der Waals surface area (Å²) in [4.78, 5) is 38.6. The van der Waals surface area contributed by atoms with Gasteiger partial charge in [-0.2, -0.15) is 0 Å². The third-order valence-corrected chi connectivity index (χ3v) is 5.53. The van der Waals surface area contributed by atoms with Crippen LogP contribution >= 0.6 is 12.2 Å². The second-order valence-corrected chi connectivity index (χ2v) is 8.27. The van der Waals surface area contributed by atoms with Gasteiger partial charge in [-0.3, -0.25) is 14.4 Å². The van der Waals surface area contributed by atoms with E-state index in [-0.39, 0.29) is 23.9 Å². The number of benzene rings is 2. The van der Waals surface area contributed by atoms with Crippen LogP contribution in [0, 0.1) is 0 Å². The molecule has 2 aromatic rings.